The molecule has 0 spiro atoms. The van der Waals surface area contributed by atoms with E-state index in [1.165, 1.54) is 6.07 Å². The highest BCUT2D eigenvalue weighted by Crippen LogP contribution is 2.17. The maximum atomic E-state index is 13.0. The van der Waals surface area contributed by atoms with Crippen LogP contribution in [0, 0.1) is 12.7 Å². The number of aryl methyl sites for hydroxylation is 1. The number of aromatic amines is 1. The van der Waals surface area contributed by atoms with Crippen molar-refractivity contribution in [2.24, 2.45) is 0 Å². The Morgan fingerprint density at radius 3 is 3.00 bits per heavy atom. The zero-order chi connectivity index (χ0) is 15.5. The van der Waals surface area contributed by atoms with Gasteiger partial charge in [0.25, 0.3) is 5.91 Å². The van der Waals surface area contributed by atoms with Gasteiger partial charge in [0.2, 0.25) is 0 Å². The SMILES string of the molecule is Cc1cc(F)cnc1C(=O)NCCc1c[nH]c2ccccc12. The number of benzene rings is 1. The molecule has 2 heterocycles. The second-order valence-electron chi connectivity index (χ2n) is 5.18. The predicted molar refractivity (Wildman–Crippen MR) is 83.3 cm³/mol. The van der Waals surface area contributed by atoms with Crippen molar-refractivity contribution in [3.63, 3.8) is 0 Å². The number of hydrogen-bond acceptors (Lipinski definition) is 2. The van der Waals surface area contributed by atoms with E-state index in [2.05, 4.69) is 21.4 Å². The Bertz CT molecular complexity index is 826. The van der Waals surface area contributed by atoms with Gasteiger partial charge in [0.1, 0.15) is 11.5 Å². The van der Waals surface area contributed by atoms with Crippen molar-refractivity contribution in [2.45, 2.75) is 13.3 Å². The number of hydrogen-bond donors (Lipinski definition) is 2. The second kappa shape index (κ2) is 5.97. The van der Waals surface area contributed by atoms with Gasteiger partial charge in [-0.1, -0.05) is 18.2 Å². The Morgan fingerprint density at radius 1 is 1.36 bits per heavy atom. The third-order valence-electron chi connectivity index (χ3n) is 3.61. The lowest BCUT2D eigenvalue weighted by molar-refractivity contribution is 0.0948. The van der Waals surface area contributed by atoms with Crippen LogP contribution in [0.2, 0.25) is 0 Å². The summed E-state index contributed by atoms with van der Waals surface area (Å²) >= 11 is 0. The normalized spacial score (nSPS) is 10.8. The van der Waals surface area contributed by atoms with E-state index in [0.29, 0.717) is 12.1 Å². The van der Waals surface area contributed by atoms with Gasteiger partial charge in [-0.15, -0.1) is 0 Å². The molecule has 0 saturated heterocycles. The highest BCUT2D eigenvalue weighted by atomic mass is 19.1. The van der Waals surface area contributed by atoms with E-state index in [4.69, 9.17) is 0 Å². The average Bonchev–Trinajstić information content (AvgIpc) is 2.90. The molecule has 3 aromatic rings. The number of para-hydroxylation sites is 1. The zero-order valence-corrected chi connectivity index (χ0v) is 12.2. The molecule has 0 saturated carbocycles. The number of aromatic nitrogens is 2. The fourth-order valence-electron chi connectivity index (χ4n) is 2.51. The Labute approximate surface area is 127 Å². The first-order chi connectivity index (χ1) is 10.6. The number of nitrogens with zero attached hydrogens (tertiary/aromatic N) is 1. The number of fused-ring (bicyclic) bond motifs is 1. The van der Waals surface area contributed by atoms with Gasteiger partial charge in [-0.25, -0.2) is 9.37 Å². The van der Waals surface area contributed by atoms with Crippen LogP contribution in [0.15, 0.2) is 42.7 Å². The first kappa shape index (κ1) is 14.3. The minimum absolute atomic E-state index is 0.264. The summed E-state index contributed by atoms with van der Waals surface area (Å²) in [6.45, 7) is 2.17. The van der Waals surface area contributed by atoms with Gasteiger partial charge >= 0.3 is 0 Å². The van der Waals surface area contributed by atoms with Gasteiger partial charge < -0.3 is 10.3 Å². The summed E-state index contributed by atoms with van der Waals surface area (Å²) in [5.41, 5.74) is 3.03. The number of H-pyrrole nitrogens is 1. The van der Waals surface area contributed by atoms with Crippen molar-refractivity contribution in [1.82, 2.24) is 15.3 Å². The van der Waals surface area contributed by atoms with Crippen LogP contribution < -0.4 is 5.32 Å². The molecule has 0 atom stereocenters. The molecular formula is C17H16FN3O. The Balaban J connectivity index is 1.64. The third kappa shape index (κ3) is 2.83. The van der Waals surface area contributed by atoms with Crippen LogP contribution in [-0.4, -0.2) is 22.4 Å². The topological polar surface area (TPSA) is 57.8 Å². The van der Waals surface area contributed by atoms with E-state index in [1.807, 2.05) is 24.4 Å². The van der Waals surface area contributed by atoms with E-state index in [-0.39, 0.29) is 11.6 Å². The fourth-order valence-corrected chi connectivity index (χ4v) is 2.51. The van der Waals surface area contributed by atoms with E-state index in [1.54, 1.807) is 6.92 Å². The number of nitrogens with one attached hydrogen (secondary N) is 2. The molecule has 1 aromatic carbocycles. The van der Waals surface area contributed by atoms with Gasteiger partial charge in [0, 0.05) is 23.6 Å². The molecule has 22 heavy (non-hydrogen) atoms. The fraction of sp³-hybridized carbons (Fsp3) is 0.176. The van der Waals surface area contributed by atoms with Gasteiger partial charge in [-0.05, 0) is 36.6 Å². The summed E-state index contributed by atoms with van der Waals surface area (Å²) < 4.78 is 13.0. The number of carbonyl (C=O) groups is 1. The quantitative estimate of drug-likeness (QED) is 0.778. The monoisotopic (exact) mass is 297 g/mol. The van der Waals surface area contributed by atoms with Crippen molar-refractivity contribution in [3.8, 4) is 0 Å². The molecule has 3 rings (SSSR count). The van der Waals surface area contributed by atoms with E-state index < -0.39 is 5.82 Å². The Morgan fingerprint density at radius 2 is 2.18 bits per heavy atom. The maximum Gasteiger partial charge on any atom is 0.270 e. The van der Waals surface area contributed by atoms with E-state index in [0.717, 1.165) is 29.1 Å². The van der Waals surface area contributed by atoms with E-state index in [9.17, 15) is 9.18 Å². The number of amides is 1. The number of pyridine rings is 1. The zero-order valence-electron chi connectivity index (χ0n) is 12.2. The van der Waals surface area contributed by atoms with Crippen molar-refractivity contribution >= 4 is 16.8 Å². The lowest BCUT2D eigenvalue weighted by Gasteiger charge is -2.06. The van der Waals surface area contributed by atoms with Crippen LogP contribution in [0.4, 0.5) is 4.39 Å². The lowest BCUT2D eigenvalue weighted by atomic mass is 10.1. The largest absolute Gasteiger partial charge is 0.361 e. The first-order valence-electron chi connectivity index (χ1n) is 7.10. The van der Waals surface area contributed by atoms with Gasteiger partial charge in [0.15, 0.2) is 0 Å². The van der Waals surface area contributed by atoms with E-state index >= 15 is 0 Å². The molecule has 0 unspecified atom stereocenters. The summed E-state index contributed by atoms with van der Waals surface area (Å²) in [4.78, 5) is 19.1. The van der Waals surface area contributed by atoms with Crippen molar-refractivity contribution in [1.29, 1.82) is 0 Å². The highest BCUT2D eigenvalue weighted by Gasteiger charge is 2.11. The van der Waals surface area contributed by atoms with Crippen LogP contribution in [0.1, 0.15) is 21.6 Å². The molecule has 2 aromatic heterocycles. The van der Waals surface area contributed by atoms with Crippen molar-refractivity contribution in [2.75, 3.05) is 6.54 Å². The molecule has 0 fully saturated rings. The Hall–Kier alpha value is -2.69. The minimum atomic E-state index is -0.437. The van der Waals surface area contributed by atoms with Crippen LogP contribution in [0.3, 0.4) is 0 Å². The standard InChI is InChI=1S/C17H16FN3O/c1-11-8-13(18)10-21-16(11)17(22)19-7-6-12-9-20-15-5-3-2-4-14(12)15/h2-5,8-10,20H,6-7H2,1H3,(H,19,22). The molecule has 4 nitrogen and oxygen atoms in total. The maximum absolute atomic E-state index is 13.0. The minimum Gasteiger partial charge on any atom is -0.361 e. The molecule has 0 bridgehead atoms. The van der Waals surface area contributed by atoms with Gasteiger partial charge in [-0.3, -0.25) is 4.79 Å². The number of rotatable bonds is 4. The van der Waals surface area contributed by atoms with Crippen LogP contribution in [-0.2, 0) is 6.42 Å². The van der Waals surface area contributed by atoms with Crippen LogP contribution in [0.25, 0.3) is 10.9 Å². The molecule has 112 valence electrons. The van der Waals surface area contributed by atoms with Crippen molar-refractivity contribution < 1.29 is 9.18 Å². The molecule has 0 aliphatic carbocycles. The highest BCUT2D eigenvalue weighted by molar-refractivity contribution is 5.93. The first-order valence-corrected chi connectivity index (χ1v) is 7.10. The molecule has 0 aliphatic rings. The molecular weight excluding hydrogens is 281 g/mol. The summed E-state index contributed by atoms with van der Waals surface area (Å²) in [6.07, 6.45) is 3.73. The van der Waals surface area contributed by atoms with Crippen LogP contribution in [0.5, 0.6) is 0 Å². The number of halogens is 1. The average molecular weight is 297 g/mol. The summed E-state index contributed by atoms with van der Waals surface area (Å²) in [6, 6.07) is 9.34. The van der Waals surface area contributed by atoms with Gasteiger partial charge in [0.05, 0.1) is 6.20 Å². The smallest absolute Gasteiger partial charge is 0.270 e. The summed E-state index contributed by atoms with van der Waals surface area (Å²) in [7, 11) is 0. The van der Waals surface area contributed by atoms with Gasteiger partial charge in [-0.2, -0.15) is 0 Å². The molecule has 1 amide bonds. The third-order valence-corrected chi connectivity index (χ3v) is 3.61. The summed E-state index contributed by atoms with van der Waals surface area (Å²) in [5, 5.41) is 3.98. The molecule has 0 radical (unpaired) electrons. The predicted octanol–water partition coefficient (Wildman–Crippen LogP) is 2.98. The molecule has 0 aliphatic heterocycles. The number of carbonyl (C=O) groups excluding carboxylic acids is 1. The molecule has 5 heteroatoms. The Kier molecular flexibility index (Phi) is 3.87. The van der Waals surface area contributed by atoms with Crippen molar-refractivity contribution in [3.05, 3.63) is 65.4 Å². The summed E-state index contributed by atoms with van der Waals surface area (Å²) in [5.74, 6) is -0.717. The molecule has 2 N–H and O–H groups in total. The lowest BCUT2D eigenvalue weighted by Crippen LogP contribution is -2.27. The van der Waals surface area contributed by atoms with Crippen LogP contribution >= 0.6 is 0 Å². The second-order valence-corrected chi connectivity index (χ2v) is 5.18.